The fourth-order valence-corrected chi connectivity index (χ4v) is 2.13. The lowest BCUT2D eigenvalue weighted by Crippen LogP contribution is -2.27. The van der Waals surface area contributed by atoms with Gasteiger partial charge in [0.25, 0.3) is 0 Å². The van der Waals surface area contributed by atoms with Crippen LogP contribution in [0.15, 0.2) is 18.2 Å². The number of hydrogen-bond acceptors (Lipinski definition) is 3. The van der Waals surface area contributed by atoms with Gasteiger partial charge in [-0.1, -0.05) is 13.0 Å². The van der Waals surface area contributed by atoms with E-state index in [2.05, 4.69) is 5.32 Å². The summed E-state index contributed by atoms with van der Waals surface area (Å²) < 4.78 is 38.1. The zero-order chi connectivity index (χ0) is 13.0. The molecule has 0 bridgehead atoms. The molecule has 1 aliphatic heterocycles. The standard InChI is InChI=1S/C13H17F2NO2/c1-2-16-11(8-12-17-6-7-18-12)13-9(14)4-3-5-10(13)15/h3-5,11-12,16H,2,6-8H2,1H3. The highest BCUT2D eigenvalue weighted by Crippen LogP contribution is 2.26. The average Bonchev–Trinajstić information content (AvgIpc) is 2.82. The zero-order valence-electron chi connectivity index (χ0n) is 10.3. The molecule has 0 aromatic heterocycles. The summed E-state index contributed by atoms with van der Waals surface area (Å²) in [5.41, 5.74) is 0.0541. The molecule has 100 valence electrons. The van der Waals surface area contributed by atoms with Crippen LogP contribution < -0.4 is 5.32 Å². The molecule has 0 aliphatic carbocycles. The summed E-state index contributed by atoms with van der Waals surface area (Å²) >= 11 is 0. The van der Waals surface area contributed by atoms with Gasteiger partial charge in [-0.05, 0) is 18.7 Å². The minimum absolute atomic E-state index is 0.0541. The molecular weight excluding hydrogens is 240 g/mol. The summed E-state index contributed by atoms with van der Waals surface area (Å²) in [6.07, 6.45) is -0.000781. The summed E-state index contributed by atoms with van der Waals surface area (Å²) in [5.74, 6) is -1.09. The van der Waals surface area contributed by atoms with E-state index in [0.29, 0.717) is 26.2 Å². The predicted molar refractivity (Wildman–Crippen MR) is 63.1 cm³/mol. The number of benzene rings is 1. The number of rotatable bonds is 5. The van der Waals surface area contributed by atoms with Gasteiger partial charge in [0.05, 0.1) is 13.2 Å². The largest absolute Gasteiger partial charge is 0.350 e. The van der Waals surface area contributed by atoms with Crippen LogP contribution in [0.1, 0.15) is 24.9 Å². The lowest BCUT2D eigenvalue weighted by molar-refractivity contribution is -0.0532. The molecule has 0 amide bonds. The highest BCUT2D eigenvalue weighted by Gasteiger charge is 2.26. The quantitative estimate of drug-likeness (QED) is 0.878. The Kier molecular flexibility index (Phi) is 4.63. The van der Waals surface area contributed by atoms with Gasteiger partial charge >= 0.3 is 0 Å². The minimum Gasteiger partial charge on any atom is -0.350 e. The molecule has 1 aliphatic rings. The van der Waals surface area contributed by atoms with Crippen molar-refractivity contribution < 1.29 is 18.3 Å². The Morgan fingerprint density at radius 1 is 1.28 bits per heavy atom. The van der Waals surface area contributed by atoms with E-state index in [4.69, 9.17) is 9.47 Å². The third kappa shape index (κ3) is 3.04. The van der Waals surface area contributed by atoms with Crippen LogP contribution in [0.4, 0.5) is 8.78 Å². The van der Waals surface area contributed by atoms with Gasteiger partial charge in [-0.15, -0.1) is 0 Å². The molecule has 3 nitrogen and oxygen atoms in total. The van der Waals surface area contributed by atoms with Gasteiger partial charge in [-0.25, -0.2) is 8.78 Å². The highest BCUT2D eigenvalue weighted by molar-refractivity contribution is 5.23. The first-order valence-corrected chi connectivity index (χ1v) is 6.13. The first-order chi connectivity index (χ1) is 8.72. The van der Waals surface area contributed by atoms with Gasteiger partial charge in [0, 0.05) is 18.0 Å². The van der Waals surface area contributed by atoms with Crippen LogP contribution >= 0.6 is 0 Å². The van der Waals surface area contributed by atoms with Gasteiger partial charge < -0.3 is 14.8 Å². The third-order valence-electron chi connectivity index (χ3n) is 2.92. The Labute approximate surface area is 105 Å². The van der Waals surface area contributed by atoms with E-state index in [0.717, 1.165) is 0 Å². The Bertz CT molecular complexity index is 374. The first-order valence-electron chi connectivity index (χ1n) is 6.13. The smallest absolute Gasteiger partial charge is 0.159 e. The van der Waals surface area contributed by atoms with Crippen molar-refractivity contribution in [3.05, 3.63) is 35.4 Å². The minimum atomic E-state index is -0.543. The van der Waals surface area contributed by atoms with E-state index in [9.17, 15) is 8.78 Å². The third-order valence-corrected chi connectivity index (χ3v) is 2.92. The van der Waals surface area contributed by atoms with Crippen molar-refractivity contribution >= 4 is 0 Å². The fourth-order valence-electron chi connectivity index (χ4n) is 2.13. The van der Waals surface area contributed by atoms with E-state index in [1.54, 1.807) is 0 Å². The van der Waals surface area contributed by atoms with Crippen molar-refractivity contribution in [1.29, 1.82) is 0 Å². The first kappa shape index (κ1) is 13.4. The average molecular weight is 257 g/mol. The maximum absolute atomic E-state index is 13.7. The van der Waals surface area contributed by atoms with E-state index < -0.39 is 24.0 Å². The maximum Gasteiger partial charge on any atom is 0.159 e. The molecule has 0 spiro atoms. The van der Waals surface area contributed by atoms with Crippen LogP contribution in [0.5, 0.6) is 0 Å². The molecule has 1 aromatic rings. The van der Waals surface area contributed by atoms with Crippen molar-refractivity contribution in [2.24, 2.45) is 0 Å². The monoisotopic (exact) mass is 257 g/mol. The van der Waals surface area contributed by atoms with Crippen molar-refractivity contribution in [2.45, 2.75) is 25.7 Å². The van der Waals surface area contributed by atoms with Crippen LogP contribution in [0.3, 0.4) is 0 Å². The topological polar surface area (TPSA) is 30.5 Å². The summed E-state index contributed by atoms with van der Waals surface area (Å²) in [7, 11) is 0. The van der Waals surface area contributed by atoms with E-state index in [-0.39, 0.29) is 5.56 Å². The fraction of sp³-hybridized carbons (Fsp3) is 0.538. The maximum atomic E-state index is 13.7. The molecule has 1 fully saturated rings. The van der Waals surface area contributed by atoms with E-state index in [1.165, 1.54) is 18.2 Å². The molecule has 1 heterocycles. The van der Waals surface area contributed by atoms with Crippen LogP contribution in [-0.2, 0) is 9.47 Å². The molecule has 0 radical (unpaired) electrons. The molecule has 18 heavy (non-hydrogen) atoms. The zero-order valence-corrected chi connectivity index (χ0v) is 10.3. The summed E-state index contributed by atoms with van der Waals surface area (Å²) in [5, 5.41) is 3.07. The van der Waals surface area contributed by atoms with Gasteiger partial charge in [-0.3, -0.25) is 0 Å². The van der Waals surface area contributed by atoms with E-state index in [1.807, 2.05) is 6.92 Å². The lowest BCUT2D eigenvalue weighted by atomic mass is 10.0. The van der Waals surface area contributed by atoms with Crippen molar-refractivity contribution in [3.8, 4) is 0 Å². The van der Waals surface area contributed by atoms with Crippen LogP contribution in [0, 0.1) is 11.6 Å². The molecule has 0 saturated carbocycles. The summed E-state index contributed by atoms with van der Waals surface area (Å²) in [4.78, 5) is 0. The van der Waals surface area contributed by atoms with Crippen molar-refractivity contribution in [2.75, 3.05) is 19.8 Å². The SMILES string of the molecule is CCNC(CC1OCCO1)c1c(F)cccc1F. The van der Waals surface area contributed by atoms with Crippen LogP contribution in [0.2, 0.25) is 0 Å². The number of hydrogen-bond donors (Lipinski definition) is 1. The summed E-state index contributed by atoms with van der Waals surface area (Å²) in [6, 6.07) is 3.44. The normalized spacial score (nSPS) is 18.2. The second-order valence-electron chi connectivity index (χ2n) is 4.15. The van der Waals surface area contributed by atoms with Crippen molar-refractivity contribution in [3.63, 3.8) is 0 Å². The number of nitrogens with one attached hydrogen (secondary N) is 1. The highest BCUT2D eigenvalue weighted by atomic mass is 19.1. The van der Waals surface area contributed by atoms with Gasteiger partial charge in [0.15, 0.2) is 6.29 Å². The van der Waals surface area contributed by atoms with Crippen LogP contribution in [0.25, 0.3) is 0 Å². The second-order valence-corrected chi connectivity index (χ2v) is 4.15. The van der Waals surface area contributed by atoms with Crippen LogP contribution in [-0.4, -0.2) is 26.0 Å². The van der Waals surface area contributed by atoms with Gasteiger partial charge in [0.1, 0.15) is 11.6 Å². The summed E-state index contributed by atoms with van der Waals surface area (Å²) in [6.45, 7) is 3.57. The Morgan fingerprint density at radius 3 is 2.44 bits per heavy atom. The van der Waals surface area contributed by atoms with E-state index >= 15 is 0 Å². The molecule has 1 unspecified atom stereocenters. The number of halogens is 2. The molecule has 5 heteroatoms. The Hall–Kier alpha value is -1.04. The van der Waals surface area contributed by atoms with Crippen molar-refractivity contribution in [1.82, 2.24) is 5.32 Å². The Morgan fingerprint density at radius 2 is 1.89 bits per heavy atom. The molecule has 1 atom stereocenters. The Balaban J connectivity index is 2.17. The number of ether oxygens (including phenoxy) is 2. The second kappa shape index (κ2) is 6.22. The van der Waals surface area contributed by atoms with Gasteiger partial charge in [-0.2, -0.15) is 0 Å². The molecular formula is C13H17F2NO2. The molecule has 1 saturated heterocycles. The molecule has 2 rings (SSSR count). The lowest BCUT2D eigenvalue weighted by Gasteiger charge is -2.22. The molecule has 1 N–H and O–H groups in total. The molecule has 1 aromatic carbocycles. The predicted octanol–water partition coefficient (Wildman–Crippen LogP) is 2.38. The van der Waals surface area contributed by atoms with Gasteiger partial charge in [0.2, 0.25) is 0 Å².